The van der Waals surface area contributed by atoms with E-state index < -0.39 is 17.7 Å². The van der Waals surface area contributed by atoms with E-state index in [0.717, 1.165) is 5.56 Å². The van der Waals surface area contributed by atoms with Crippen molar-refractivity contribution in [2.45, 2.75) is 59.2 Å². The van der Waals surface area contributed by atoms with Crippen molar-refractivity contribution in [2.24, 2.45) is 5.92 Å². The lowest BCUT2D eigenvalue weighted by Gasteiger charge is -2.38. The summed E-state index contributed by atoms with van der Waals surface area (Å²) in [6.07, 6.45) is -0.599. The molecule has 0 saturated carbocycles. The molecular formula is C21H34N2O5. The van der Waals surface area contributed by atoms with Gasteiger partial charge in [-0.1, -0.05) is 44.2 Å². The summed E-state index contributed by atoms with van der Waals surface area (Å²) >= 11 is 0. The molecule has 7 heteroatoms. The maximum absolute atomic E-state index is 12.5. The van der Waals surface area contributed by atoms with Gasteiger partial charge in [-0.25, -0.2) is 9.59 Å². The van der Waals surface area contributed by atoms with Gasteiger partial charge in [-0.3, -0.25) is 0 Å². The summed E-state index contributed by atoms with van der Waals surface area (Å²) in [5.41, 5.74) is 0.418. The lowest BCUT2D eigenvalue weighted by Crippen LogP contribution is -2.54. The number of alkyl carbamates (subject to hydrolysis) is 1. The van der Waals surface area contributed by atoms with Gasteiger partial charge in [-0.2, -0.15) is 0 Å². The van der Waals surface area contributed by atoms with Crippen LogP contribution in [0.1, 0.15) is 46.6 Å². The molecule has 1 aromatic carbocycles. The lowest BCUT2D eigenvalue weighted by atomic mass is 10.00. The molecule has 0 heterocycles. The van der Waals surface area contributed by atoms with E-state index in [1.54, 1.807) is 4.90 Å². The highest BCUT2D eigenvalue weighted by Crippen LogP contribution is 2.18. The highest BCUT2D eigenvalue weighted by atomic mass is 16.6. The summed E-state index contributed by atoms with van der Waals surface area (Å²) in [4.78, 5) is 26.3. The predicted octanol–water partition coefficient (Wildman–Crippen LogP) is 3.56. The molecular weight excluding hydrogens is 360 g/mol. The van der Waals surface area contributed by atoms with Crippen LogP contribution in [0.3, 0.4) is 0 Å². The molecule has 0 saturated heterocycles. The Labute approximate surface area is 168 Å². The first-order valence-electron chi connectivity index (χ1n) is 9.67. The molecule has 2 amide bonds. The van der Waals surface area contributed by atoms with Gasteiger partial charge in [0.2, 0.25) is 0 Å². The molecule has 0 fully saturated rings. The van der Waals surface area contributed by atoms with E-state index in [1.807, 2.05) is 65.0 Å². The van der Waals surface area contributed by atoms with Crippen LogP contribution >= 0.6 is 0 Å². The third-order valence-electron chi connectivity index (χ3n) is 4.26. The van der Waals surface area contributed by atoms with Gasteiger partial charge in [0.1, 0.15) is 6.61 Å². The Morgan fingerprint density at radius 3 is 2.32 bits per heavy atom. The third-order valence-corrected chi connectivity index (χ3v) is 4.26. The van der Waals surface area contributed by atoms with Crippen LogP contribution in [0, 0.1) is 5.92 Å². The van der Waals surface area contributed by atoms with Crippen molar-refractivity contribution < 1.29 is 24.2 Å². The van der Waals surface area contributed by atoms with Gasteiger partial charge in [0.05, 0.1) is 12.6 Å². The Morgan fingerprint density at radius 2 is 1.79 bits per heavy atom. The average Bonchev–Trinajstić information content (AvgIpc) is 2.63. The third kappa shape index (κ3) is 8.61. The fraction of sp³-hybridized carbons (Fsp3) is 0.619. The van der Waals surface area contributed by atoms with Crippen molar-refractivity contribution in [3.63, 3.8) is 0 Å². The van der Waals surface area contributed by atoms with Crippen LogP contribution in [-0.2, 0) is 16.1 Å². The predicted molar refractivity (Wildman–Crippen MR) is 108 cm³/mol. The minimum Gasteiger partial charge on any atom is -0.449 e. The summed E-state index contributed by atoms with van der Waals surface area (Å²) in [6, 6.07) is 9.15. The Hall–Kier alpha value is -2.28. The van der Waals surface area contributed by atoms with E-state index in [4.69, 9.17) is 14.6 Å². The molecule has 1 atom stereocenters. The van der Waals surface area contributed by atoms with E-state index in [2.05, 4.69) is 5.32 Å². The van der Waals surface area contributed by atoms with Crippen LogP contribution < -0.4 is 5.32 Å². The molecule has 0 spiro atoms. The van der Waals surface area contributed by atoms with E-state index in [-0.39, 0.29) is 31.8 Å². The van der Waals surface area contributed by atoms with Crippen LogP contribution in [-0.4, -0.2) is 53.5 Å². The zero-order valence-electron chi connectivity index (χ0n) is 17.6. The molecule has 1 unspecified atom stereocenters. The molecule has 2 N–H and O–H groups in total. The molecule has 1 rings (SSSR count). The van der Waals surface area contributed by atoms with Crippen molar-refractivity contribution in [1.29, 1.82) is 0 Å². The van der Waals surface area contributed by atoms with E-state index in [9.17, 15) is 9.59 Å². The highest BCUT2D eigenvalue weighted by molar-refractivity contribution is 5.70. The minimum atomic E-state index is -0.523. The minimum absolute atomic E-state index is 0.0355. The van der Waals surface area contributed by atoms with E-state index in [1.165, 1.54) is 0 Å². The number of amides is 2. The van der Waals surface area contributed by atoms with Gasteiger partial charge < -0.3 is 24.8 Å². The molecule has 0 bridgehead atoms. The Bertz CT molecular complexity index is 599. The molecule has 7 nitrogen and oxygen atoms in total. The van der Waals surface area contributed by atoms with Crippen molar-refractivity contribution in [3.05, 3.63) is 35.9 Å². The molecule has 28 heavy (non-hydrogen) atoms. The first kappa shape index (κ1) is 23.8. The lowest BCUT2D eigenvalue weighted by molar-refractivity contribution is 0.0541. The van der Waals surface area contributed by atoms with Crippen LogP contribution in [0.25, 0.3) is 0 Å². The summed E-state index contributed by atoms with van der Waals surface area (Å²) < 4.78 is 10.5. The summed E-state index contributed by atoms with van der Waals surface area (Å²) in [5, 5.41) is 11.7. The summed E-state index contributed by atoms with van der Waals surface area (Å²) in [5.74, 6) is 0.0827. The van der Waals surface area contributed by atoms with Crippen LogP contribution in [0.4, 0.5) is 9.59 Å². The number of nitrogens with one attached hydrogen (secondary N) is 1. The highest BCUT2D eigenvalue weighted by Gasteiger charge is 2.32. The number of carbonyl (C=O) groups excluding carboxylic acids is 2. The number of aliphatic hydroxyl groups excluding tert-OH is 1. The zero-order valence-corrected chi connectivity index (χ0v) is 17.6. The number of nitrogens with zero attached hydrogens (tertiary/aromatic N) is 1. The van der Waals surface area contributed by atoms with Crippen molar-refractivity contribution in [3.8, 4) is 0 Å². The van der Waals surface area contributed by atoms with Gasteiger partial charge in [-0.05, 0) is 32.3 Å². The fourth-order valence-corrected chi connectivity index (χ4v) is 2.46. The number of hydrogen-bond donors (Lipinski definition) is 2. The molecule has 0 aliphatic carbocycles. The Morgan fingerprint density at radius 1 is 1.14 bits per heavy atom. The SMILES string of the molecule is CC(C)C(CN(C(=O)OCCCO)C(C)(C)C)NC(=O)OCc1ccccc1. The fourth-order valence-electron chi connectivity index (χ4n) is 2.46. The number of rotatable bonds is 9. The average molecular weight is 395 g/mol. The van der Waals surface area contributed by atoms with Crippen molar-refractivity contribution >= 4 is 12.2 Å². The molecule has 158 valence electrons. The molecule has 1 aromatic rings. The maximum atomic E-state index is 12.5. The number of benzene rings is 1. The summed E-state index contributed by atoms with van der Waals surface area (Å²) in [6.45, 7) is 10.3. The monoisotopic (exact) mass is 394 g/mol. The van der Waals surface area contributed by atoms with Crippen LogP contribution in [0.2, 0.25) is 0 Å². The first-order chi connectivity index (χ1) is 13.1. The number of carbonyl (C=O) groups is 2. The second-order valence-electron chi connectivity index (χ2n) is 8.03. The Balaban J connectivity index is 2.70. The summed E-state index contributed by atoms with van der Waals surface area (Å²) in [7, 11) is 0. The van der Waals surface area contributed by atoms with E-state index in [0.29, 0.717) is 13.0 Å². The standard InChI is InChI=1S/C21H34N2O5/c1-16(2)18(22-19(25)28-15-17-10-7-6-8-11-17)14-23(21(3,4)5)20(26)27-13-9-12-24/h6-8,10-11,16,18,24H,9,12-15H2,1-5H3,(H,22,25). The number of aliphatic hydroxyl groups is 1. The first-order valence-corrected chi connectivity index (χ1v) is 9.67. The van der Waals surface area contributed by atoms with Gasteiger partial charge >= 0.3 is 12.2 Å². The number of hydrogen-bond acceptors (Lipinski definition) is 5. The van der Waals surface area contributed by atoms with Gasteiger partial charge in [0, 0.05) is 25.1 Å². The van der Waals surface area contributed by atoms with Gasteiger partial charge in [-0.15, -0.1) is 0 Å². The van der Waals surface area contributed by atoms with Gasteiger partial charge in [0.15, 0.2) is 0 Å². The molecule has 0 aliphatic heterocycles. The molecule has 0 radical (unpaired) electrons. The molecule has 0 aliphatic rings. The van der Waals surface area contributed by atoms with E-state index >= 15 is 0 Å². The largest absolute Gasteiger partial charge is 0.449 e. The zero-order chi connectivity index (χ0) is 21.2. The second-order valence-corrected chi connectivity index (χ2v) is 8.03. The van der Waals surface area contributed by atoms with Crippen molar-refractivity contribution in [2.75, 3.05) is 19.8 Å². The quantitative estimate of drug-likeness (QED) is 0.625. The normalized spacial score (nSPS) is 12.4. The van der Waals surface area contributed by atoms with Crippen LogP contribution in [0.15, 0.2) is 30.3 Å². The maximum Gasteiger partial charge on any atom is 0.410 e. The number of ether oxygens (including phenoxy) is 2. The van der Waals surface area contributed by atoms with Crippen molar-refractivity contribution in [1.82, 2.24) is 10.2 Å². The Kier molecular flexibility index (Phi) is 9.79. The van der Waals surface area contributed by atoms with Crippen LogP contribution in [0.5, 0.6) is 0 Å². The molecule has 0 aromatic heterocycles. The second kappa shape index (κ2) is 11.5. The van der Waals surface area contributed by atoms with Gasteiger partial charge in [0.25, 0.3) is 0 Å². The topological polar surface area (TPSA) is 88.1 Å². The smallest absolute Gasteiger partial charge is 0.410 e.